The molecule has 0 unspecified atom stereocenters. The highest BCUT2D eigenvalue weighted by atomic mass is 16.5. The third-order valence-electron chi connectivity index (χ3n) is 4.94. The summed E-state index contributed by atoms with van der Waals surface area (Å²) in [4.78, 5) is 20.9. The van der Waals surface area contributed by atoms with E-state index in [1.54, 1.807) is 24.0 Å². The number of rotatable bonds is 5. The Morgan fingerprint density at radius 3 is 2.81 bits per heavy atom. The Kier molecular flexibility index (Phi) is 6.00. The van der Waals surface area contributed by atoms with Gasteiger partial charge in [-0.3, -0.25) is 9.69 Å². The van der Waals surface area contributed by atoms with Crippen LogP contribution >= 0.6 is 0 Å². The number of aryl methyl sites for hydroxylation is 1. The molecule has 0 radical (unpaired) electrons. The molecule has 3 rings (SSSR count). The van der Waals surface area contributed by atoms with E-state index in [0.717, 1.165) is 19.3 Å². The number of amides is 1. The molecular weight excluding hydrogens is 332 g/mol. The minimum Gasteiger partial charge on any atom is -0.378 e. The molecule has 0 bridgehead atoms. The summed E-state index contributed by atoms with van der Waals surface area (Å²) in [7, 11) is 2.05. The minimum atomic E-state index is -1.09. The van der Waals surface area contributed by atoms with Crippen LogP contribution in [0.15, 0.2) is 34.9 Å². The van der Waals surface area contributed by atoms with E-state index in [9.17, 15) is 9.90 Å². The fraction of sp³-hybridized carbons (Fsp3) is 0.526. The van der Waals surface area contributed by atoms with Crippen molar-refractivity contribution < 1.29 is 14.4 Å². The van der Waals surface area contributed by atoms with E-state index < -0.39 is 6.10 Å². The van der Waals surface area contributed by atoms with Crippen molar-refractivity contribution in [3.8, 4) is 0 Å². The van der Waals surface area contributed by atoms with Crippen molar-refractivity contribution in [2.24, 2.45) is 0 Å². The summed E-state index contributed by atoms with van der Waals surface area (Å²) in [6.07, 6.45) is 1.68. The molecule has 1 aliphatic rings. The van der Waals surface area contributed by atoms with Crippen molar-refractivity contribution in [1.29, 1.82) is 0 Å². The van der Waals surface area contributed by atoms with Crippen molar-refractivity contribution in [3.63, 3.8) is 0 Å². The van der Waals surface area contributed by atoms with Gasteiger partial charge in [-0.25, -0.2) is 0 Å². The van der Waals surface area contributed by atoms with E-state index in [0.29, 0.717) is 43.0 Å². The fourth-order valence-corrected chi connectivity index (χ4v) is 3.45. The maximum Gasteiger partial charge on any atom is 0.256 e. The summed E-state index contributed by atoms with van der Waals surface area (Å²) < 4.78 is 5.03. The molecule has 1 aliphatic heterocycles. The average molecular weight is 358 g/mol. The van der Waals surface area contributed by atoms with Gasteiger partial charge in [0.1, 0.15) is 0 Å². The highest BCUT2D eigenvalue weighted by Gasteiger charge is 2.27. The highest BCUT2D eigenvalue weighted by molar-refractivity contribution is 5.82. The maximum absolute atomic E-state index is 12.7. The SMILES string of the molecule is Cc1nc(CN(C)[C@H]2CCCN(C(=O)[C@@H](O)c3ccccc3)CC2)no1. The first kappa shape index (κ1) is 18.5. The Balaban J connectivity index is 1.56. The number of likely N-dealkylation sites (tertiary alicyclic amines) is 1. The van der Waals surface area contributed by atoms with Gasteiger partial charge in [0.25, 0.3) is 5.91 Å². The van der Waals surface area contributed by atoms with Gasteiger partial charge < -0.3 is 14.5 Å². The molecule has 1 fully saturated rings. The molecule has 2 heterocycles. The number of aliphatic hydroxyl groups excluding tert-OH is 1. The third-order valence-corrected chi connectivity index (χ3v) is 4.94. The lowest BCUT2D eigenvalue weighted by molar-refractivity contribution is -0.140. The van der Waals surface area contributed by atoms with E-state index in [4.69, 9.17) is 4.52 Å². The number of carbonyl (C=O) groups excluding carboxylic acids is 1. The number of hydrogen-bond donors (Lipinski definition) is 1. The van der Waals surface area contributed by atoms with Crippen LogP contribution in [0.25, 0.3) is 0 Å². The van der Waals surface area contributed by atoms with Gasteiger partial charge in [-0.2, -0.15) is 4.98 Å². The predicted octanol–water partition coefficient (Wildman–Crippen LogP) is 1.92. The summed E-state index contributed by atoms with van der Waals surface area (Å²) in [5, 5.41) is 14.3. The van der Waals surface area contributed by atoms with E-state index in [2.05, 4.69) is 15.0 Å². The van der Waals surface area contributed by atoms with Crippen molar-refractivity contribution >= 4 is 5.91 Å². The van der Waals surface area contributed by atoms with Crippen LogP contribution in [0.4, 0.5) is 0 Å². The quantitative estimate of drug-likeness (QED) is 0.879. The van der Waals surface area contributed by atoms with Gasteiger partial charge in [-0.1, -0.05) is 35.5 Å². The van der Waals surface area contributed by atoms with Gasteiger partial charge in [0.05, 0.1) is 6.54 Å². The molecular formula is C19H26N4O3. The minimum absolute atomic E-state index is 0.215. The number of nitrogens with zero attached hydrogens (tertiary/aromatic N) is 4. The second kappa shape index (κ2) is 8.42. The van der Waals surface area contributed by atoms with Crippen molar-refractivity contribution in [1.82, 2.24) is 19.9 Å². The Hall–Kier alpha value is -2.25. The van der Waals surface area contributed by atoms with Gasteiger partial charge in [0.15, 0.2) is 11.9 Å². The smallest absolute Gasteiger partial charge is 0.256 e. The molecule has 0 spiro atoms. The predicted molar refractivity (Wildman–Crippen MR) is 96.1 cm³/mol. The normalized spacial score (nSPS) is 19.4. The van der Waals surface area contributed by atoms with Crippen LogP contribution in [0.2, 0.25) is 0 Å². The largest absolute Gasteiger partial charge is 0.378 e. The maximum atomic E-state index is 12.7. The third kappa shape index (κ3) is 4.47. The lowest BCUT2D eigenvalue weighted by atomic mass is 10.1. The first-order valence-electron chi connectivity index (χ1n) is 9.06. The van der Waals surface area contributed by atoms with Gasteiger partial charge in [0.2, 0.25) is 5.89 Å². The van der Waals surface area contributed by atoms with Crippen LogP contribution in [0, 0.1) is 6.92 Å². The molecule has 7 nitrogen and oxygen atoms in total. The van der Waals surface area contributed by atoms with Crippen molar-refractivity contribution in [2.45, 2.75) is 44.9 Å². The molecule has 1 aromatic carbocycles. The first-order valence-corrected chi connectivity index (χ1v) is 9.06. The molecule has 1 aromatic heterocycles. The molecule has 7 heteroatoms. The number of aromatic nitrogens is 2. The second-order valence-electron chi connectivity index (χ2n) is 6.87. The van der Waals surface area contributed by atoms with Gasteiger partial charge in [-0.15, -0.1) is 0 Å². The Morgan fingerprint density at radius 2 is 2.12 bits per heavy atom. The Bertz CT molecular complexity index is 719. The van der Waals surface area contributed by atoms with Gasteiger partial charge >= 0.3 is 0 Å². The molecule has 1 N–H and O–H groups in total. The van der Waals surface area contributed by atoms with E-state index >= 15 is 0 Å². The first-order chi connectivity index (χ1) is 12.5. The summed E-state index contributed by atoms with van der Waals surface area (Å²) in [6.45, 7) is 3.73. The fourth-order valence-electron chi connectivity index (χ4n) is 3.45. The molecule has 2 atom stereocenters. The topological polar surface area (TPSA) is 82.7 Å². The van der Waals surface area contributed by atoms with E-state index in [1.165, 1.54) is 0 Å². The monoisotopic (exact) mass is 358 g/mol. The van der Waals surface area contributed by atoms with Gasteiger partial charge in [0, 0.05) is 26.1 Å². The second-order valence-corrected chi connectivity index (χ2v) is 6.87. The molecule has 26 heavy (non-hydrogen) atoms. The standard InChI is InChI=1S/C19H26N4O3/c1-14-20-17(21-26-14)13-22(2)16-9-6-11-23(12-10-16)19(25)18(24)15-7-4-3-5-8-15/h3-5,7-8,16,18,24H,6,9-13H2,1-2H3/t16-,18-/m0/s1. The van der Waals surface area contributed by atoms with Gasteiger partial charge in [-0.05, 0) is 31.9 Å². The van der Waals surface area contributed by atoms with Crippen LogP contribution < -0.4 is 0 Å². The van der Waals surface area contributed by atoms with E-state index in [1.807, 2.05) is 25.2 Å². The zero-order valence-electron chi connectivity index (χ0n) is 15.3. The number of benzene rings is 1. The van der Waals surface area contributed by atoms with Crippen LogP contribution in [-0.4, -0.2) is 57.1 Å². The zero-order chi connectivity index (χ0) is 18.5. The van der Waals surface area contributed by atoms with E-state index in [-0.39, 0.29) is 5.91 Å². The van der Waals surface area contributed by atoms with Crippen LogP contribution in [0.5, 0.6) is 0 Å². The molecule has 0 saturated carbocycles. The zero-order valence-corrected chi connectivity index (χ0v) is 15.3. The van der Waals surface area contributed by atoms with Crippen molar-refractivity contribution in [3.05, 3.63) is 47.6 Å². The lowest BCUT2D eigenvalue weighted by Crippen LogP contribution is -2.37. The van der Waals surface area contributed by atoms with Crippen LogP contribution in [-0.2, 0) is 11.3 Å². The molecule has 1 amide bonds. The van der Waals surface area contributed by atoms with Crippen LogP contribution in [0.3, 0.4) is 0 Å². The summed E-state index contributed by atoms with van der Waals surface area (Å²) in [6, 6.07) is 9.45. The Labute approximate surface area is 153 Å². The summed E-state index contributed by atoms with van der Waals surface area (Å²) in [5.74, 6) is 1.04. The summed E-state index contributed by atoms with van der Waals surface area (Å²) >= 11 is 0. The lowest BCUT2D eigenvalue weighted by Gasteiger charge is -2.26. The molecule has 0 aliphatic carbocycles. The number of carbonyl (C=O) groups is 1. The summed E-state index contributed by atoms with van der Waals surface area (Å²) in [5.41, 5.74) is 0.642. The average Bonchev–Trinajstić information content (AvgIpc) is 2.92. The molecule has 2 aromatic rings. The molecule has 1 saturated heterocycles. The number of hydrogen-bond acceptors (Lipinski definition) is 6. The number of aliphatic hydroxyl groups is 1. The van der Waals surface area contributed by atoms with Crippen LogP contribution in [0.1, 0.15) is 42.6 Å². The molecule has 140 valence electrons. The highest BCUT2D eigenvalue weighted by Crippen LogP contribution is 2.21. The van der Waals surface area contributed by atoms with Crippen molar-refractivity contribution in [2.75, 3.05) is 20.1 Å². The Morgan fingerprint density at radius 1 is 1.35 bits per heavy atom.